The average Bonchev–Trinajstić information content (AvgIpc) is 3.35. The number of nitrogens with zero attached hydrogens (tertiary/aromatic N) is 1. The van der Waals surface area contributed by atoms with Crippen LogP contribution in [0.4, 0.5) is 5.69 Å². The number of amides is 1. The molecule has 2 aliphatic rings. The molecule has 28 heavy (non-hydrogen) atoms. The first kappa shape index (κ1) is 19.2. The number of rotatable bonds is 5. The molecule has 1 amide bonds. The molecule has 3 atom stereocenters. The van der Waals surface area contributed by atoms with E-state index in [1.165, 1.54) is 0 Å². The van der Waals surface area contributed by atoms with Gasteiger partial charge in [0.15, 0.2) is 0 Å². The van der Waals surface area contributed by atoms with Gasteiger partial charge in [-0.1, -0.05) is 23.8 Å². The Morgan fingerprint density at radius 3 is 2.75 bits per heavy atom. The topological polar surface area (TPSA) is 55.8 Å². The average molecular weight is 400 g/mol. The van der Waals surface area contributed by atoms with E-state index in [2.05, 4.69) is 0 Å². The molecule has 0 N–H and O–H groups in total. The number of benzene rings is 1. The van der Waals surface area contributed by atoms with E-state index in [4.69, 9.17) is 9.47 Å². The van der Waals surface area contributed by atoms with Gasteiger partial charge in [0.1, 0.15) is 6.61 Å². The third kappa shape index (κ3) is 3.98. The smallest absolute Gasteiger partial charge is 0.312 e. The maximum Gasteiger partial charge on any atom is 0.312 e. The van der Waals surface area contributed by atoms with Gasteiger partial charge in [-0.25, -0.2) is 0 Å². The predicted molar refractivity (Wildman–Crippen MR) is 108 cm³/mol. The summed E-state index contributed by atoms with van der Waals surface area (Å²) < 4.78 is 11.3. The highest BCUT2D eigenvalue weighted by molar-refractivity contribution is 7.10. The molecule has 2 fully saturated rings. The van der Waals surface area contributed by atoms with E-state index in [-0.39, 0.29) is 37.0 Å². The van der Waals surface area contributed by atoms with Crippen LogP contribution in [0.15, 0.2) is 41.8 Å². The van der Waals surface area contributed by atoms with Crippen molar-refractivity contribution in [2.24, 2.45) is 5.92 Å². The van der Waals surface area contributed by atoms with E-state index in [9.17, 15) is 9.59 Å². The number of hydrogen-bond donors (Lipinski definition) is 0. The molecule has 0 saturated carbocycles. The van der Waals surface area contributed by atoms with Crippen LogP contribution in [0.25, 0.3) is 0 Å². The Morgan fingerprint density at radius 2 is 2.07 bits per heavy atom. The van der Waals surface area contributed by atoms with Crippen molar-refractivity contribution >= 4 is 28.9 Å². The van der Waals surface area contributed by atoms with Crippen molar-refractivity contribution in [3.05, 3.63) is 52.2 Å². The van der Waals surface area contributed by atoms with E-state index in [1.54, 1.807) is 16.2 Å². The number of carbonyl (C=O) groups excluding carboxylic acids is 2. The molecule has 1 aromatic heterocycles. The second kappa shape index (κ2) is 8.45. The van der Waals surface area contributed by atoms with E-state index in [0.717, 1.165) is 42.0 Å². The number of ether oxygens (including phenoxy) is 2. The van der Waals surface area contributed by atoms with Crippen molar-refractivity contribution in [3.63, 3.8) is 0 Å². The molecule has 5 nitrogen and oxygen atoms in total. The lowest BCUT2D eigenvalue weighted by Gasteiger charge is -2.27. The van der Waals surface area contributed by atoms with Crippen LogP contribution in [0, 0.1) is 12.8 Å². The fraction of sp³-hybridized carbons (Fsp3) is 0.455. The molecule has 0 aliphatic carbocycles. The van der Waals surface area contributed by atoms with Gasteiger partial charge < -0.3 is 14.4 Å². The van der Waals surface area contributed by atoms with E-state index in [1.807, 2.05) is 48.7 Å². The first-order valence-corrected chi connectivity index (χ1v) is 10.7. The molecular weight excluding hydrogens is 374 g/mol. The van der Waals surface area contributed by atoms with Crippen molar-refractivity contribution in [3.8, 4) is 0 Å². The van der Waals surface area contributed by atoms with Crippen molar-refractivity contribution in [2.45, 2.75) is 44.8 Å². The van der Waals surface area contributed by atoms with E-state index < -0.39 is 5.92 Å². The molecule has 0 radical (unpaired) electrons. The second-order valence-corrected chi connectivity index (χ2v) is 8.47. The van der Waals surface area contributed by atoms with Crippen molar-refractivity contribution in [1.29, 1.82) is 0 Å². The molecule has 0 spiro atoms. The van der Waals surface area contributed by atoms with Crippen LogP contribution in [-0.4, -0.2) is 31.2 Å². The minimum atomic E-state index is -0.504. The molecule has 6 heteroatoms. The minimum absolute atomic E-state index is 0.0248. The van der Waals surface area contributed by atoms with Crippen LogP contribution in [0.3, 0.4) is 0 Å². The summed E-state index contributed by atoms with van der Waals surface area (Å²) in [4.78, 5) is 28.6. The molecule has 148 valence electrons. The summed E-state index contributed by atoms with van der Waals surface area (Å²) in [5.41, 5.74) is 1.95. The van der Waals surface area contributed by atoms with Crippen molar-refractivity contribution < 1.29 is 19.1 Å². The Morgan fingerprint density at radius 1 is 1.25 bits per heavy atom. The zero-order chi connectivity index (χ0) is 19.5. The zero-order valence-electron chi connectivity index (χ0n) is 16.0. The normalized spacial score (nSPS) is 25.1. The van der Waals surface area contributed by atoms with Crippen LogP contribution in [0.1, 0.15) is 42.2 Å². The summed E-state index contributed by atoms with van der Waals surface area (Å²) in [6, 6.07) is 11.5. The molecule has 1 aromatic carbocycles. The Balaban J connectivity index is 1.55. The maximum absolute atomic E-state index is 12.9. The lowest BCUT2D eigenvalue weighted by Crippen LogP contribution is -2.32. The maximum atomic E-state index is 12.9. The largest absolute Gasteiger partial charge is 0.463 e. The lowest BCUT2D eigenvalue weighted by atomic mass is 9.98. The highest BCUT2D eigenvalue weighted by Gasteiger charge is 2.46. The number of hydrogen-bond acceptors (Lipinski definition) is 5. The fourth-order valence-electron chi connectivity index (χ4n) is 3.96. The molecule has 2 aromatic rings. The molecule has 4 rings (SSSR count). The van der Waals surface area contributed by atoms with Gasteiger partial charge in [0.05, 0.1) is 18.1 Å². The predicted octanol–water partition coefficient (Wildman–Crippen LogP) is 4.26. The first-order chi connectivity index (χ1) is 13.6. The highest BCUT2D eigenvalue weighted by atomic mass is 32.1. The van der Waals surface area contributed by atoms with Gasteiger partial charge in [-0.15, -0.1) is 11.3 Å². The molecular formula is C22H25NO4S. The fourth-order valence-corrected chi connectivity index (χ4v) is 4.84. The summed E-state index contributed by atoms with van der Waals surface area (Å²) in [5.74, 6) is -0.857. The summed E-state index contributed by atoms with van der Waals surface area (Å²) in [6.45, 7) is 3.01. The van der Waals surface area contributed by atoms with Crippen LogP contribution in [-0.2, 0) is 19.1 Å². The van der Waals surface area contributed by atoms with E-state index in [0.29, 0.717) is 0 Å². The van der Waals surface area contributed by atoms with Crippen molar-refractivity contribution in [1.82, 2.24) is 0 Å². The Labute approximate surface area is 169 Å². The van der Waals surface area contributed by atoms with Gasteiger partial charge >= 0.3 is 5.97 Å². The Hall–Kier alpha value is -2.18. The lowest BCUT2D eigenvalue weighted by molar-refractivity contribution is -0.154. The highest BCUT2D eigenvalue weighted by Crippen LogP contribution is 2.43. The number of thiophene rings is 1. The van der Waals surface area contributed by atoms with Gasteiger partial charge in [0.25, 0.3) is 0 Å². The monoisotopic (exact) mass is 399 g/mol. The molecule has 0 bridgehead atoms. The van der Waals surface area contributed by atoms with Gasteiger partial charge in [0, 0.05) is 23.6 Å². The summed E-state index contributed by atoms with van der Waals surface area (Å²) >= 11 is 1.56. The Kier molecular flexibility index (Phi) is 5.78. The number of aryl methyl sites for hydroxylation is 1. The number of anilines is 1. The number of esters is 1. The standard InChI is InChI=1S/C22H25NO4S/c1-15-7-9-16(10-8-15)23-20(24)13-18(21(23)19-6-4-12-28-19)22(25)27-14-17-5-2-3-11-26-17/h4,6-10,12,17-18,21H,2-3,5,11,13-14H2,1H3. The molecule has 3 unspecified atom stereocenters. The number of carbonyl (C=O) groups is 2. The van der Waals surface area contributed by atoms with Gasteiger partial charge in [-0.05, 0) is 49.8 Å². The zero-order valence-corrected chi connectivity index (χ0v) is 16.8. The second-order valence-electron chi connectivity index (χ2n) is 7.49. The Bertz CT molecular complexity index is 812. The van der Waals surface area contributed by atoms with Gasteiger partial charge in [-0.3, -0.25) is 9.59 Å². The van der Waals surface area contributed by atoms with E-state index >= 15 is 0 Å². The summed E-state index contributed by atoms with van der Waals surface area (Å²) in [5, 5.41) is 1.98. The SMILES string of the molecule is Cc1ccc(N2C(=O)CC(C(=O)OCC3CCCCO3)C2c2cccs2)cc1. The first-order valence-electron chi connectivity index (χ1n) is 9.84. The molecule has 2 saturated heterocycles. The van der Waals surface area contributed by atoms with Gasteiger partial charge in [-0.2, -0.15) is 0 Å². The molecule has 3 heterocycles. The minimum Gasteiger partial charge on any atom is -0.463 e. The van der Waals surface area contributed by atoms with Crippen LogP contribution in [0.2, 0.25) is 0 Å². The van der Waals surface area contributed by atoms with Crippen LogP contribution in [0.5, 0.6) is 0 Å². The van der Waals surface area contributed by atoms with Gasteiger partial charge in [0.2, 0.25) is 5.91 Å². The van der Waals surface area contributed by atoms with Crippen LogP contribution >= 0.6 is 11.3 Å². The quantitative estimate of drug-likeness (QED) is 0.705. The van der Waals surface area contributed by atoms with Crippen molar-refractivity contribution in [2.75, 3.05) is 18.1 Å². The summed E-state index contributed by atoms with van der Waals surface area (Å²) in [7, 11) is 0. The summed E-state index contributed by atoms with van der Waals surface area (Å²) in [6.07, 6.45) is 3.22. The molecule has 2 aliphatic heterocycles. The third-order valence-electron chi connectivity index (χ3n) is 5.46. The third-order valence-corrected chi connectivity index (χ3v) is 6.40. The van der Waals surface area contributed by atoms with Crippen LogP contribution < -0.4 is 4.90 Å².